The summed E-state index contributed by atoms with van der Waals surface area (Å²) < 4.78 is 16.3. The van der Waals surface area contributed by atoms with Gasteiger partial charge in [0.1, 0.15) is 6.17 Å². The smallest absolute Gasteiger partial charge is 0.264 e. The average Bonchev–Trinajstić information content (AvgIpc) is 3.19. The number of para-hydroxylation sites is 1. The third-order valence-electron chi connectivity index (χ3n) is 6.99. The highest BCUT2D eigenvalue weighted by atomic mass is 16.5. The fourth-order valence-corrected chi connectivity index (χ4v) is 5.17. The van der Waals surface area contributed by atoms with Crippen LogP contribution in [0.4, 0.5) is 5.69 Å². The van der Waals surface area contributed by atoms with Crippen molar-refractivity contribution >= 4 is 23.4 Å². The highest BCUT2D eigenvalue weighted by Crippen LogP contribution is 2.49. The maximum absolute atomic E-state index is 13.7. The highest BCUT2D eigenvalue weighted by molar-refractivity contribution is 6.18. The molecular formula is C26H29N3O6. The summed E-state index contributed by atoms with van der Waals surface area (Å²) in [7, 11) is 3.00. The quantitative estimate of drug-likeness (QED) is 0.656. The second-order valence-corrected chi connectivity index (χ2v) is 8.94. The van der Waals surface area contributed by atoms with E-state index in [4.69, 9.17) is 14.2 Å². The standard InChI is InChI=1S/C26H29N3O6/c1-33-20-8-7-18-22(23(20)34-2)26(32)29-19-6-4-3-5-17(19)25(31)28(24(18)29)12-9-21(30)27-15-16-10-13-35-14-11-16/h3-8,16,24H,9-15H2,1-2H3,(H,27,30)/t24-/m1/s1. The van der Waals surface area contributed by atoms with Crippen molar-refractivity contribution in [2.24, 2.45) is 5.92 Å². The molecule has 3 amide bonds. The van der Waals surface area contributed by atoms with Gasteiger partial charge in [-0.1, -0.05) is 18.2 Å². The Balaban J connectivity index is 1.43. The van der Waals surface area contributed by atoms with Crippen LogP contribution in [-0.2, 0) is 9.53 Å². The van der Waals surface area contributed by atoms with Gasteiger partial charge < -0.3 is 24.4 Å². The molecule has 5 rings (SSSR count). The molecule has 9 heteroatoms. The molecule has 9 nitrogen and oxygen atoms in total. The largest absolute Gasteiger partial charge is 0.493 e. The molecule has 1 N–H and O–H groups in total. The van der Waals surface area contributed by atoms with Crippen LogP contribution in [0, 0.1) is 5.92 Å². The first kappa shape index (κ1) is 23.2. The fourth-order valence-electron chi connectivity index (χ4n) is 5.17. The summed E-state index contributed by atoms with van der Waals surface area (Å²) in [6, 6.07) is 10.6. The van der Waals surface area contributed by atoms with E-state index in [0.29, 0.717) is 46.3 Å². The molecule has 0 bridgehead atoms. The van der Waals surface area contributed by atoms with Gasteiger partial charge >= 0.3 is 0 Å². The Morgan fingerprint density at radius 2 is 1.83 bits per heavy atom. The number of fused-ring (bicyclic) bond motifs is 5. The van der Waals surface area contributed by atoms with Gasteiger partial charge in [0.2, 0.25) is 5.91 Å². The number of anilines is 1. The Kier molecular flexibility index (Phi) is 6.34. The molecule has 0 radical (unpaired) electrons. The number of ether oxygens (including phenoxy) is 3. The lowest BCUT2D eigenvalue weighted by Gasteiger charge is -2.40. The van der Waals surface area contributed by atoms with Gasteiger partial charge in [0.05, 0.1) is 31.0 Å². The zero-order valence-electron chi connectivity index (χ0n) is 19.9. The number of methoxy groups -OCH3 is 2. The SMILES string of the molecule is COc1ccc2c(c1OC)C(=O)N1c3ccccc3C(=O)N(CCC(=O)NCC3CCOCC3)[C@@H]21. The summed E-state index contributed by atoms with van der Waals surface area (Å²) >= 11 is 0. The van der Waals surface area contributed by atoms with E-state index >= 15 is 0 Å². The maximum atomic E-state index is 13.7. The predicted octanol–water partition coefficient (Wildman–Crippen LogP) is 2.75. The zero-order valence-corrected chi connectivity index (χ0v) is 19.9. The second kappa shape index (κ2) is 9.58. The molecule has 3 aliphatic rings. The first-order valence-electron chi connectivity index (χ1n) is 11.9. The van der Waals surface area contributed by atoms with E-state index in [1.807, 2.05) is 0 Å². The summed E-state index contributed by atoms with van der Waals surface area (Å²) in [5.74, 6) is 0.589. The highest BCUT2D eigenvalue weighted by Gasteiger charge is 2.49. The Morgan fingerprint density at radius 1 is 1.06 bits per heavy atom. The van der Waals surface area contributed by atoms with Crippen LogP contribution in [0.2, 0.25) is 0 Å². The summed E-state index contributed by atoms with van der Waals surface area (Å²) in [5.41, 5.74) is 2.00. The normalized spacial score (nSPS) is 19.2. The molecule has 184 valence electrons. The fraction of sp³-hybridized carbons (Fsp3) is 0.423. The van der Waals surface area contributed by atoms with Gasteiger partial charge in [0.25, 0.3) is 11.8 Å². The number of amides is 3. The minimum absolute atomic E-state index is 0.119. The van der Waals surface area contributed by atoms with Crippen LogP contribution >= 0.6 is 0 Å². The maximum Gasteiger partial charge on any atom is 0.264 e. The van der Waals surface area contributed by atoms with Gasteiger partial charge in [-0.25, -0.2) is 0 Å². The van der Waals surface area contributed by atoms with Crippen LogP contribution in [0.5, 0.6) is 11.5 Å². The lowest BCUT2D eigenvalue weighted by molar-refractivity contribution is -0.121. The van der Waals surface area contributed by atoms with Gasteiger partial charge in [-0.15, -0.1) is 0 Å². The number of nitrogens with one attached hydrogen (secondary N) is 1. The molecule has 1 saturated heterocycles. The average molecular weight is 480 g/mol. The molecule has 35 heavy (non-hydrogen) atoms. The van der Waals surface area contributed by atoms with E-state index in [1.165, 1.54) is 14.2 Å². The van der Waals surface area contributed by atoms with Gasteiger partial charge in [0.15, 0.2) is 11.5 Å². The van der Waals surface area contributed by atoms with Crippen molar-refractivity contribution in [2.45, 2.75) is 25.4 Å². The van der Waals surface area contributed by atoms with Crippen LogP contribution in [0.1, 0.15) is 51.7 Å². The van der Waals surface area contributed by atoms with Crippen molar-refractivity contribution in [2.75, 3.05) is 45.4 Å². The Hall–Kier alpha value is -3.59. The molecule has 2 aromatic rings. The lowest BCUT2D eigenvalue weighted by Crippen LogP contribution is -2.49. The Morgan fingerprint density at radius 3 is 2.57 bits per heavy atom. The molecule has 0 unspecified atom stereocenters. The number of hydrogen-bond donors (Lipinski definition) is 1. The van der Waals surface area contributed by atoms with Crippen LogP contribution in [0.25, 0.3) is 0 Å². The van der Waals surface area contributed by atoms with Crippen LogP contribution in [0.3, 0.4) is 0 Å². The van der Waals surface area contributed by atoms with E-state index in [9.17, 15) is 14.4 Å². The van der Waals surface area contributed by atoms with Crippen LogP contribution < -0.4 is 19.7 Å². The molecule has 0 saturated carbocycles. The molecule has 0 aromatic heterocycles. The van der Waals surface area contributed by atoms with Gasteiger partial charge in [-0.2, -0.15) is 0 Å². The molecular weight excluding hydrogens is 450 g/mol. The Labute approximate surface area is 203 Å². The van der Waals surface area contributed by atoms with E-state index in [0.717, 1.165) is 26.1 Å². The lowest BCUT2D eigenvalue weighted by atomic mass is 10.0. The number of carbonyl (C=O) groups is 3. The summed E-state index contributed by atoms with van der Waals surface area (Å²) in [6.45, 7) is 2.23. The van der Waals surface area contributed by atoms with Crippen molar-refractivity contribution < 1.29 is 28.6 Å². The van der Waals surface area contributed by atoms with Crippen molar-refractivity contribution in [3.63, 3.8) is 0 Å². The van der Waals surface area contributed by atoms with Gasteiger partial charge in [0, 0.05) is 38.3 Å². The van der Waals surface area contributed by atoms with E-state index in [2.05, 4.69) is 5.32 Å². The molecule has 3 heterocycles. The Bertz CT molecular complexity index is 1160. The number of hydrogen-bond acceptors (Lipinski definition) is 6. The van der Waals surface area contributed by atoms with Crippen molar-refractivity contribution in [1.82, 2.24) is 10.2 Å². The number of carbonyl (C=O) groups excluding carboxylic acids is 3. The summed E-state index contributed by atoms with van der Waals surface area (Å²) in [4.78, 5) is 43.1. The predicted molar refractivity (Wildman–Crippen MR) is 128 cm³/mol. The summed E-state index contributed by atoms with van der Waals surface area (Å²) in [5, 5.41) is 3.00. The topological polar surface area (TPSA) is 97.4 Å². The monoisotopic (exact) mass is 479 g/mol. The molecule has 0 spiro atoms. The number of benzene rings is 2. The third-order valence-corrected chi connectivity index (χ3v) is 6.99. The molecule has 0 aliphatic carbocycles. The van der Waals surface area contributed by atoms with E-state index in [1.54, 1.807) is 46.2 Å². The van der Waals surface area contributed by atoms with Crippen molar-refractivity contribution in [3.8, 4) is 11.5 Å². The third kappa shape index (κ3) is 3.99. The minimum Gasteiger partial charge on any atom is -0.493 e. The van der Waals surface area contributed by atoms with E-state index < -0.39 is 6.17 Å². The van der Waals surface area contributed by atoms with Crippen molar-refractivity contribution in [3.05, 3.63) is 53.1 Å². The van der Waals surface area contributed by atoms with Crippen LogP contribution in [0.15, 0.2) is 36.4 Å². The molecule has 2 aromatic carbocycles. The van der Waals surface area contributed by atoms with E-state index in [-0.39, 0.29) is 30.7 Å². The first-order valence-corrected chi connectivity index (χ1v) is 11.9. The van der Waals surface area contributed by atoms with Crippen LogP contribution in [-0.4, -0.2) is 63.1 Å². The summed E-state index contributed by atoms with van der Waals surface area (Å²) in [6.07, 6.45) is 1.34. The minimum atomic E-state index is -0.664. The van der Waals surface area contributed by atoms with Crippen molar-refractivity contribution in [1.29, 1.82) is 0 Å². The zero-order chi connectivity index (χ0) is 24.5. The van der Waals surface area contributed by atoms with Gasteiger partial charge in [-0.05, 0) is 37.0 Å². The molecule has 3 aliphatic heterocycles. The molecule has 1 fully saturated rings. The second-order valence-electron chi connectivity index (χ2n) is 8.94. The van der Waals surface area contributed by atoms with Gasteiger partial charge in [-0.3, -0.25) is 19.3 Å². The number of nitrogens with zero attached hydrogens (tertiary/aromatic N) is 2. The molecule has 1 atom stereocenters. The number of rotatable bonds is 7. The first-order chi connectivity index (χ1) is 17.0.